The van der Waals surface area contributed by atoms with Crippen molar-refractivity contribution in [3.05, 3.63) is 83.9 Å². The number of aromatic nitrogens is 1. The summed E-state index contributed by atoms with van der Waals surface area (Å²) in [6, 6.07) is 22.6. The highest BCUT2D eigenvalue weighted by Crippen LogP contribution is 2.21. The Labute approximate surface area is 221 Å². The lowest BCUT2D eigenvalue weighted by molar-refractivity contribution is -0.144. The number of hydrogen-bond donors (Lipinski definition) is 0. The molecule has 0 radical (unpaired) electrons. The van der Waals surface area contributed by atoms with Crippen LogP contribution in [-0.2, 0) is 16.1 Å². The molecule has 0 fully saturated rings. The summed E-state index contributed by atoms with van der Waals surface area (Å²) in [4.78, 5) is 32.6. The first-order chi connectivity index (χ1) is 18.4. The largest absolute Gasteiger partial charge is 0.492 e. The summed E-state index contributed by atoms with van der Waals surface area (Å²) in [6.45, 7) is 4.84. The van der Waals surface area contributed by atoms with Crippen molar-refractivity contribution in [3.63, 3.8) is 0 Å². The van der Waals surface area contributed by atoms with Gasteiger partial charge in [-0.2, -0.15) is 4.98 Å². The number of para-hydroxylation sites is 2. The highest BCUT2D eigenvalue weighted by molar-refractivity contribution is 5.79. The number of benzene rings is 3. The Kier molecular flexibility index (Phi) is 8.81. The molecule has 1 aromatic heterocycles. The maximum absolute atomic E-state index is 12.8. The molecule has 1 heterocycles. The van der Waals surface area contributed by atoms with Crippen LogP contribution in [0, 0.1) is 6.92 Å². The third-order valence-corrected chi connectivity index (χ3v) is 5.71. The molecule has 4 rings (SSSR count). The highest BCUT2D eigenvalue weighted by atomic mass is 16.6. The van der Waals surface area contributed by atoms with E-state index < -0.39 is 12.1 Å². The Hall–Kier alpha value is -4.53. The van der Waals surface area contributed by atoms with E-state index in [1.807, 2.05) is 79.5 Å². The molecule has 0 N–H and O–H groups in total. The number of carbonyl (C=O) groups is 2. The van der Waals surface area contributed by atoms with Crippen LogP contribution >= 0.6 is 0 Å². The van der Waals surface area contributed by atoms with Gasteiger partial charge in [0.05, 0.1) is 13.2 Å². The Balaban J connectivity index is 1.32. The fourth-order valence-electron chi connectivity index (χ4n) is 3.65. The molecule has 38 heavy (non-hydrogen) atoms. The lowest BCUT2D eigenvalue weighted by Gasteiger charge is -2.21. The van der Waals surface area contributed by atoms with E-state index in [0.717, 1.165) is 22.2 Å². The Morgan fingerprint density at radius 2 is 1.66 bits per heavy atom. The normalized spacial score (nSPS) is 10.7. The molecule has 9 heteroatoms. The Morgan fingerprint density at radius 3 is 2.37 bits per heavy atom. The van der Waals surface area contributed by atoms with Crippen molar-refractivity contribution in [3.8, 4) is 11.5 Å². The quantitative estimate of drug-likeness (QED) is 0.250. The monoisotopic (exact) mass is 517 g/mol. The maximum atomic E-state index is 12.8. The molecule has 0 aliphatic carbocycles. The van der Waals surface area contributed by atoms with Crippen LogP contribution in [0.4, 0.5) is 10.8 Å². The zero-order chi connectivity index (χ0) is 26.9. The van der Waals surface area contributed by atoms with E-state index in [9.17, 15) is 9.59 Å². The van der Waals surface area contributed by atoms with Crippen LogP contribution in [-0.4, -0.2) is 55.3 Å². The SMILES string of the molecule is CCOC(=O)CN(Cc1ccc(OCCN(C)c2nc3ccccc3o2)cc1)C(=O)Oc1ccc(C)cc1. The lowest BCUT2D eigenvalue weighted by atomic mass is 10.2. The first-order valence-electron chi connectivity index (χ1n) is 12.4. The van der Waals surface area contributed by atoms with Crippen molar-refractivity contribution in [2.75, 3.05) is 38.3 Å². The standard InChI is InChI=1S/C29H31N3O6/c1-4-35-27(33)20-32(29(34)37-24-13-9-21(2)10-14-24)19-22-11-15-23(16-12-22)36-18-17-31(3)28-30-25-7-5-6-8-26(25)38-28/h5-16H,4,17-20H2,1-3H3. The van der Waals surface area contributed by atoms with E-state index in [1.54, 1.807) is 19.1 Å². The van der Waals surface area contributed by atoms with Gasteiger partial charge < -0.3 is 23.5 Å². The minimum Gasteiger partial charge on any atom is -0.492 e. The first kappa shape index (κ1) is 26.5. The number of ether oxygens (including phenoxy) is 3. The minimum atomic E-state index is -0.635. The fourth-order valence-corrected chi connectivity index (χ4v) is 3.65. The molecule has 0 saturated heterocycles. The number of nitrogens with zero attached hydrogens (tertiary/aromatic N) is 3. The van der Waals surface area contributed by atoms with Gasteiger partial charge in [0.2, 0.25) is 0 Å². The minimum absolute atomic E-state index is 0.171. The van der Waals surface area contributed by atoms with Gasteiger partial charge in [0, 0.05) is 13.6 Å². The average molecular weight is 518 g/mol. The molecule has 0 aliphatic heterocycles. The summed E-state index contributed by atoms with van der Waals surface area (Å²) in [6.07, 6.45) is -0.635. The number of amides is 1. The van der Waals surface area contributed by atoms with Crippen LogP contribution < -0.4 is 14.4 Å². The van der Waals surface area contributed by atoms with Crippen LogP contribution in [0.5, 0.6) is 11.5 Å². The molecular weight excluding hydrogens is 486 g/mol. The number of carbonyl (C=O) groups excluding carboxylic acids is 2. The van der Waals surface area contributed by atoms with Gasteiger partial charge in [0.15, 0.2) is 5.58 Å². The second-order valence-electron chi connectivity index (χ2n) is 8.72. The van der Waals surface area contributed by atoms with Gasteiger partial charge in [-0.3, -0.25) is 9.69 Å². The van der Waals surface area contributed by atoms with Crippen LogP contribution in [0.15, 0.2) is 77.2 Å². The van der Waals surface area contributed by atoms with Gasteiger partial charge in [0.25, 0.3) is 6.01 Å². The Morgan fingerprint density at radius 1 is 0.947 bits per heavy atom. The maximum Gasteiger partial charge on any atom is 0.416 e. The molecule has 198 valence electrons. The van der Waals surface area contributed by atoms with Crippen LogP contribution in [0.1, 0.15) is 18.1 Å². The zero-order valence-corrected chi connectivity index (χ0v) is 21.8. The molecule has 3 aromatic carbocycles. The summed E-state index contributed by atoms with van der Waals surface area (Å²) >= 11 is 0. The number of fused-ring (bicyclic) bond motifs is 1. The summed E-state index contributed by atoms with van der Waals surface area (Å²) in [5.41, 5.74) is 3.41. The smallest absolute Gasteiger partial charge is 0.416 e. The van der Waals surface area contributed by atoms with Crippen molar-refractivity contribution in [2.45, 2.75) is 20.4 Å². The van der Waals surface area contributed by atoms with Crippen molar-refractivity contribution in [2.24, 2.45) is 0 Å². The topological polar surface area (TPSA) is 94.3 Å². The lowest BCUT2D eigenvalue weighted by Crippen LogP contribution is -2.38. The van der Waals surface area contributed by atoms with Gasteiger partial charge in [-0.25, -0.2) is 4.79 Å². The van der Waals surface area contributed by atoms with Gasteiger partial charge in [-0.1, -0.05) is 42.0 Å². The average Bonchev–Trinajstić information content (AvgIpc) is 3.35. The number of aryl methyl sites for hydroxylation is 1. The van der Waals surface area contributed by atoms with Crippen molar-refractivity contribution in [1.82, 2.24) is 9.88 Å². The van der Waals surface area contributed by atoms with Crippen LogP contribution in [0.2, 0.25) is 0 Å². The second-order valence-corrected chi connectivity index (χ2v) is 8.72. The van der Waals surface area contributed by atoms with E-state index in [4.69, 9.17) is 18.6 Å². The molecular formula is C29H31N3O6. The zero-order valence-electron chi connectivity index (χ0n) is 21.8. The molecule has 0 unspecified atom stereocenters. The highest BCUT2D eigenvalue weighted by Gasteiger charge is 2.21. The number of esters is 1. The molecule has 1 amide bonds. The number of anilines is 1. The van der Waals surface area contributed by atoms with Gasteiger partial charge >= 0.3 is 12.1 Å². The molecule has 0 spiro atoms. The van der Waals surface area contributed by atoms with E-state index in [2.05, 4.69) is 4.98 Å². The number of rotatable bonds is 11. The summed E-state index contributed by atoms with van der Waals surface area (Å²) < 4.78 is 22.2. The van der Waals surface area contributed by atoms with E-state index in [-0.39, 0.29) is 19.7 Å². The van der Waals surface area contributed by atoms with Crippen molar-refractivity contribution in [1.29, 1.82) is 0 Å². The molecule has 0 atom stereocenters. The van der Waals surface area contributed by atoms with Gasteiger partial charge in [-0.15, -0.1) is 0 Å². The first-order valence-corrected chi connectivity index (χ1v) is 12.4. The predicted molar refractivity (Wildman–Crippen MR) is 143 cm³/mol. The van der Waals surface area contributed by atoms with Gasteiger partial charge in [-0.05, 0) is 55.8 Å². The summed E-state index contributed by atoms with van der Waals surface area (Å²) in [5, 5.41) is 0. The number of oxazole rings is 1. The van der Waals surface area contributed by atoms with Crippen molar-refractivity contribution >= 4 is 29.2 Å². The second kappa shape index (κ2) is 12.6. The molecule has 0 bridgehead atoms. The van der Waals surface area contributed by atoms with Gasteiger partial charge in [0.1, 0.15) is 30.2 Å². The Bertz CT molecular complexity index is 1320. The molecule has 4 aromatic rings. The molecule has 9 nitrogen and oxygen atoms in total. The summed E-state index contributed by atoms with van der Waals surface area (Å²) in [7, 11) is 1.89. The van der Waals surface area contributed by atoms with Crippen LogP contribution in [0.3, 0.4) is 0 Å². The number of hydrogen-bond acceptors (Lipinski definition) is 8. The van der Waals surface area contributed by atoms with E-state index in [1.165, 1.54) is 4.90 Å². The molecule has 0 saturated carbocycles. The van der Waals surface area contributed by atoms with E-state index >= 15 is 0 Å². The number of likely N-dealkylation sites (N-methyl/N-ethyl adjacent to an activating group) is 1. The molecule has 0 aliphatic rings. The predicted octanol–water partition coefficient (Wildman–Crippen LogP) is 5.22. The summed E-state index contributed by atoms with van der Waals surface area (Å²) in [5.74, 6) is 0.580. The van der Waals surface area contributed by atoms with Crippen LogP contribution in [0.25, 0.3) is 11.1 Å². The fraction of sp³-hybridized carbons (Fsp3) is 0.276. The van der Waals surface area contributed by atoms with Crippen molar-refractivity contribution < 1.29 is 28.2 Å². The third kappa shape index (κ3) is 7.25. The third-order valence-electron chi connectivity index (χ3n) is 5.71. The van der Waals surface area contributed by atoms with E-state index in [0.29, 0.717) is 30.7 Å².